The van der Waals surface area contributed by atoms with E-state index >= 15 is 0 Å². The number of alkyl halides is 3. The number of rotatable bonds is 6. The van der Waals surface area contributed by atoms with Crippen LogP contribution in [0.5, 0.6) is 17.2 Å². The third-order valence-electron chi connectivity index (χ3n) is 5.64. The Kier molecular flexibility index (Phi) is 6.70. The van der Waals surface area contributed by atoms with Crippen LogP contribution >= 0.6 is 11.6 Å². The Bertz CT molecular complexity index is 1250. The zero-order valence-electron chi connectivity index (χ0n) is 18.9. The van der Waals surface area contributed by atoms with Gasteiger partial charge in [-0.2, -0.15) is 18.3 Å². The highest BCUT2D eigenvalue weighted by molar-refractivity contribution is 6.32. The average Bonchev–Trinajstić information content (AvgIpc) is 3.27. The topological polar surface area (TPSA) is 86.6 Å². The van der Waals surface area contributed by atoms with Gasteiger partial charge < -0.3 is 24.8 Å². The number of hydrogen-bond acceptors (Lipinski definition) is 6. The third kappa shape index (κ3) is 4.95. The molecule has 35 heavy (non-hydrogen) atoms. The lowest BCUT2D eigenvalue weighted by atomic mass is 9.96. The third-order valence-corrected chi connectivity index (χ3v) is 5.94. The van der Waals surface area contributed by atoms with Crippen LogP contribution in [0.2, 0.25) is 5.02 Å². The smallest absolute Gasteiger partial charge is 0.410 e. The number of fused-ring (bicyclic) bond motifs is 1. The molecule has 4 rings (SSSR count). The second-order valence-electron chi connectivity index (χ2n) is 7.77. The quantitative estimate of drug-likeness (QED) is 0.457. The maximum absolute atomic E-state index is 14.0. The molecule has 1 amide bonds. The van der Waals surface area contributed by atoms with E-state index in [1.807, 2.05) is 0 Å². The van der Waals surface area contributed by atoms with E-state index < -0.39 is 24.2 Å². The van der Waals surface area contributed by atoms with Gasteiger partial charge in [0, 0.05) is 18.2 Å². The number of ether oxygens (including phenoxy) is 3. The lowest BCUT2D eigenvalue weighted by Gasteiger charge is -2.33. The van der Waals surface area contributed by atoms with Crippen LogP contribution in [0.25, 0.3) is 0 Å². The Labute approximate surface area is 203 Å². The predicted octanol–water partition coefficient (Wildman–Crippen LogP) is 5.47. The number of methoxy groups -OCH3 is 3. The summed E-state index contributed by atoms with van der Waals surface area (Å²) in [4.78, 5) is 12.8. The molecule has 1 aliphatic rings. The number of benzene rings is 2. The minimum absolute atomic E-state index is 0.0660. The molecule has 12 heteroatoms. The summed E-state index contributed by atoms with van der Waals surface area (Å²) in [5.74, 6) is 0.657. The summed E-state index contributed by atoms with van der Waals surface area (Å²) in [5.41, 5.74) is 0.736. The predicted molar refractivity (Wildman–Crippen MR) is 124 cm³/mol. The van der Waals surface area contributed by atoms with E-state index in [1.165, 1.54) is 33.5 Å². The number of amides is 1. The zero-order chi connectivity index (χ0) is 25.3. The Hall–Kier alpha value is -3.60. The van der Waals surface area contributed by atoms with Crippen molar-refractivity contribution in [3.63, 3.8) is 0 Å². The Morgan fingerprint density at radius 2 is 1.74 bits per heavy atom. The number of anilines is 2. The monoisotopic (exact) mass is 510 g/mol. The van der Waals surface area contributed by atoms with Crippen molar-refractivity contribution in [2.45, 2.75) is 24.7 Å². The van der Waals surface area contributed by atoms with Gasteiger partial charge in [-0.15, -0.1) is 0 Å². The van der Waals surface area contributed by atoms with E-state index in [-0.39, 0.29) is 23.0 Å². The second kappa shape index (κ2) is 9.57. The van der Waals surface area contributed by atoms with Crippen molar-refractivity contribution in [2.75, 3.05) is 32.0 Å². The van der Waals surface area contributed by atoms with Crippen LogP contribution in [0.1, 0.15) is 34.6 Å². The molecule has 2 heterocycles. The van der Waals surface area contributed by atoms with E-state index in [4.69, 9.17) is 25.8 Å². The summed E-state index contributed by atoms with van der Waals surface area (Å²) >= 11 is 6.08. The molecule has 186 valence electrons. The fourth-order valence-electron chi connectivity index (χ4n) is 3.91. The number of nitrogens with one attached hydrogen (secondary N) is 2. The van der Waals surface area contributed by atoms with Gasteiger partial charge in [-0.25, -0.2) is 4.68 Å². The van der Waals surface area contributed by atoms with Crippen molar-refractivity contribution >= 4 is 29.0 Å². The Morgan fingerprint density at radius 1 is 1.06 bits per heavy atom. The van der Waals surface area contributed by atoms with Gasteiger partial charge in [-0.05, 0) is 35.9 Å². The summed E-state index contributed by atoms with van der Waals surface area (Å²) in [6, 6.07) is 8.15. The summed E-state index contributed by atoms with van der Waals surface area (Å²) < 4.78 is 58.3. The highest BCUT2D eigenvalue weighted by Gasteiger charge is 2.47. The lowest BCUT2D eigenvalue weighted by molar-refractivity contribution is -0.173. The molecule has 0 radical (unpaired) electrons. The molecule has 0 bridgehead atoms. The standard InChI is InChI=1S/C23H22ClF3N4O4/c1-33-17-7-5-13(9-14(17)24)28-22(32)16-11-21-29-15(10-20(23(25,26)27)31(21)30-16)12-4-6-18(34-2)19(8-12)35-3/h4-9,11,15,20,29H,10H2,1-3H3,(H,28,32). The normalized spacial score (nSPS) is 17.2. The van der Waals surface area contributed by atoms with Crippen molar-refractivity contribution in [3.8, 4) is 17.2 Å². The first-order valence-electron chi connectivity index (χ1n) is 10.4. The van der Waals surface area contributed by atoms with Gasteiger partial charge >= 0.3 is 6.18 Å². The van der Waals surface area contributed by atoms with Gasteiger partial charge in [0.05, 0.1) is 32.4 Å². The van der Waals surface area contributed by atoms with E-state index in [2.05, 4.69) is 15.7 Å². The highest BCUT2D eigenvalue weighted by atomic mass is 35.5. The largest absolute Gasteiger partial charge is 0.495 e. The number of nitrogens with zero attached hydrogens (tertiary/aromatic N) is 2. The molecule has 0 saturated heterocycles. The maximum Gasteiger partial charge on any atom is 0.410 e. The molecule has 0 aliphatic carbocycles. The minimum atomic E-state index is -4.59. The van der Waals surface area contributed by atoms with Crippen LogP contribution in [-0.2, 0) is 0 Å². The van der Waals surface area contributed by atoms with Gasteiger partial charge in [0.2, 0.25) is 0 Å². The molecule has 0 fully saturated rings. The second-order valence-corrected chi connectivity index (χ2v) is 8.17. The number of carbonyl (C=O) groups is 1. The van der Waals surface area contributed by atoms with E-state index in [1.54, 1.807) is 30.3 Å². The lowest BCUT2D eigenvalue weighted by Crippen LogP contribution is -2.35. The first-order chi connectivity index (χ1) is 16.6. The fraction of sp³-hybridized carbons (Fsp3) is 0.304. The summed E-state index contributed by atoms with van der Waals surface area (Å²) in [6.07, 6.45) is -4.92. The molecule has 2 unspecified atom stereocenters. The molecule has 8 nitrogen and oxygen atoms in total. The van der Waals surface area contributed by atoms with Crippen LogP contribution in [0, 0.1) is 0 Å². The Balaban J connectivity index is 1.63. The SMILES string of the molecule is COc1ccc(NC(=O)c2cc3n(n2)C(C(F)(F)F)CC(c2ccc(OC)c(OC)c2)N3)cc1Cl. The molecule has 2 aromatic carbocycles. The molecule has 1 aromatic heterocycles. The first kappa shape index (κ1) is 24.5. The first-order valence-corrected chi connectivity index (χ1v) is 10.8. The highest BCUT2D eigenvalue weighted by Crippen LogP contribution is 2.44. The number of hydrogen-bond donors (Lipinski definition) is 2. The molecule has 0 saturated carbocycles. The van der Waals surface area contributed by atoms with E-state index in [9.17, 15) is 18.0 Å². The zero-order valence-corrected chi connectivity index (χ0v) is 19.7. The summed E-state index contributed by atoms with van der Waals surface area (Å²) in [5, 5.41) is 9.87. The van der Waals surface area contributed by atoms with Crippen LogP contribution in [-0.4, -0.2) is 43.2 Å². The molecule has 1 aliphatic heterocycles. The van der Waals surface area contributed by atoms with Crippen LogP contribution in [0.15, 0.2) is 42.5 Å². The van der Waals surface area contributed by atoms with Gasteiger partial charge in [-0.3, -0.25) is 4.79 Å². The fourth-order valence-corrected chi connectivity index (χ4v) is 4.17. The maximum atomic E-state index is 14.0. The number of carbonyl (C=O) groups excluding carboxylic acids is 1. The minimum Gasteiger partial charge on any atom is -0.495 e. The van der Waals surface area contributed by atoms with Crippen LogP contribution < -0.4 is 24.8 Å². The average molecular weight is 511 g/mol. The van der Waals surface area contributed by atoms with Crippen molar-refractivity contribution in [3.05, 3.63) is 58.7 Å². The van der Waals surface area contributed by atoms with Gasteiger partial charge in [-0.1, -0.05) is 17.7 Å². The molecule has 2 atom stereocenters. The summed E-state index contributed by atoms with van der Waals surface area (Å²) in [7, 11) is 4.37. The van der Waals surface area contributed by atoms with E-state index in [0.29, 0.717) is 28.5 Å². The molecule has 0 spiro atoms. The Morgan fingerprint density at radius 3 is 2.37 bits per heavy atom. The van der Waals surface area contributed by atoms with Crippen molar-refractivity contribution in [1.82, 2.24) is 9.78 Å². The molecular weight excluding hydrogens is 489 g/mol. The molecule has 2 N–H and O–H groups in total. The van der Waals surface area contributed by atoms with Crippen molar-refractivity contribution in [2.24, 2.45) is 0 Å². The van der Waals surface area contributed by atoms with Gasteiger partial charge in [0.25, 0.3) is 5.91 Å². The number of halogens is 4. The molecular formula is C23H22ClF3N4O4. The van der Waals surface area contributed by atoms with Crippen molar-refractivity contribution < 1.29 is 32.2 Å². The van der Waals surface area contributed by atoms with Crippen molar-refractivity contribution in [1.29, 1.82) is 0 Å². The van der Waals surface area contributed by atoms with E-state index in [0.717, 1.165) is 4.68 Å². The van der Waals surface area contributed by atoms with Crippen LogP contribution in [0.3, 0.4) is 0 Å². The van der Waals surface area contributed by atoms with Crippen LogP contribution in [0.4, 0.5) is 24.7 Å². The number of aromatic nitrogens is 2. The summed E-state index contributed by atoms with van der Waals surface area (Å²) in [6.45, 7) is 0. The molecule has 3 aromatic rings. The van der Waals surface area contributed by atoms with Gasteiger partial charge in [0.15, 0.2) is 23.2 Å². The van der Waals surface area contributed by atoms with Gasteiger partial charge in [0.1, 0.15) is 11.6 Å².